The summed E-state index contributed by atoms with van der Waals surface area (Å²) >= 11 is 8.30. The van der Waals surface area contributed by atoms with Crippen LogP contribution in [0.15, 0.2) is 28.7 Å². The van der Waals surface area contributed by atoms with Crippen LogP contribution in [0.1, 0.15) is 11.3 Å². The molecular weight excluding hydrogens is 379 g/mol. The first-order chi connectivity index (χ1) is 9.11. The van der Waals surface area contributed by atoms with Gasteiger partial charge in [0.05, 0.1) is 23.7 Å². The minimum absolute atomic E-state index is 0.00352. The predicted octanol–water partition coefficient (Wildman–Crippen LogP) is 3.64. The summed E-state index contributed by atoms with van der Waals surface area (Å²) in [4.78, 5) is 11.3. The average Bonchev–Trinajstić information content (AvgIpc) is 2.91. The third kappa shape index (κ3) is 2.71. The molecule has 0 fully saturated rings. The summed E-state index contributed by atoms with van der Waals surface area (Å²) in [6.07, 6.45) is 0.403. The molecule has 1 amide bonds. The van der Waals surface area contributed by atoms with E-state index in [9.17, 15) is 4.79 Å². The number of anilines is 2. The zero-order valence-corrected chi connectivity index (χ0v) is 12.7. The highest BCUT2D eigenvalue weighted by Crippen LogP contribution is 2.33. The van der Waals surface area contributed by atoms with E-state index in [2.05, 4.69) is 33.2 Å². The van der Waals surface area contributed by atoms with Crippen molar-refractivity contribution in [1.82, 2.24) is 0 Å². The van der Waals surface area contributed by atoms with E-state index in [0.29, 0.717) is 18.0 Å². The molecule has 6 heteroatoms. The third-order valence-electron chi connectivity index (χ3n) is 2.90. The monoisotopic (exact) mass is 388 g/mol. The summed E-state index contributed by atoms with van der Waals surface area (Å²) in [7, 11) is 0. The van der Waals surface area contributed by atoms with Gasteiger partial charge in [-0.3, -0.25) is 4.79 Å². The van der Waals surface area contributed by atoms with Crippen molar-refractivity contribution < 1.29 is 9.21 Å². The Morgan fingerprint density at radius 2 is 2.26 bits per heavy atom. The van der Waals surface area contributed by atoms with Gasteiger partial charge in [-0.15, -0.1) is 0 Å². The molecule has 0 radical (unpaired) electrons. The lowest BCUT2D eigenvalue weighted by Gasteiger charge is -2.09. The van der Waals surface area contributed by atoms with Crippen LogP contribution >= 0.6 is 34.2 Å². The number of hydrogen-bond donors (Lipinski definition) is 2. The summed E-state index contributed by atoms with van der Waals surface area (Å²) in [6.45, 7) is 0.558. The molecule has 2 aromatic rings. The van der Waals surface area contributed by atoms with Crippen LogP contribution in [0, 0.1) is 3.77 Å². The topological polar surface area (TPSA) is 54.3 Å². The van der Waals surface area contributed by atoms with E-state index < -0.39 is 0 Å². The lowest BCUT2D eigenvalue weighted by atomic mass is 10.1. The number of rotatable bonds is 3. The number of carbonyl (C=O) groups excluding carboxylic acids is 1. The molecule has 0 aliphatic carbocycles. The first-order valence-corrected chi connectivity index (χ1v) is 7.18. The molecule has 1 aliphatic heterocycles. The van der Waals surface area contributed by atoms with Crippen molar-refractivity contribution in [2.45, 2.75) is 13.0 Å². The van der Waals surface area contributed by atoms with Gasteiger partial charge in [-0.05, 0) is 52.4 Å². The SMILES string of the molecule is O=C1Cc2cc(NCc3ccc(I)o3)c(Cl)cc2N1. The number of furan rings is 1. The van der Waals surface area contributed by atoms with Crippen LogP contribution in [-0.4, -0.2) is 5.91 Å². The van der Waals surface area contributed by atoms with Gasteiger partial charge in [0.25, 0.3) is 0 Å². The molecule has 1 aromatic heterocycles. The molecule has 0 saturated heterocycles. The fourth-order valence-electron chi connectivity index (χ4n) is 2.01. The molecule has 19 heavy (non-hydrogen) atoms. The molecule has 1 aromatic carbocycles. The second kappa shape index (κ2) is 5.05. The zero-order valence-electron chi connectivity index (χ0n) is 9.80. The maximum absolute atomic E-state index is 11.3. The third-order valence-corrected chi connectivity index (χ3v) is 3.79. The molecule has 0 bridgehead atoms. The van der Waals surface area contributed by atoms with Crippen molar-refractivity contribution >= 4 is 51.5 Å². The maximum Gasteiger partial charge on any atom is 0.228 e. The van der Waals surface area contributed by atoms with Gasteiger partial charge in [0.15, 0.2) is 3.77 Å². The van der Waals surface area contributed by atoms with Gasteiger partial charge >= 0.3 is 0 Å². The molecular formula is C13H10ClIN2O2. The normalized spacial score (nSPS) is 13.3. The molecule has 0 saturated carbocycles. The molecule has 1 aliphatic rings. The molecule has 2 heterocycles. The minimum Gasteiger partial charge on any atom is -0.454 e. The summed E-state index contributed by atoms with van der Waals surface area (Å²) in [5.41, 5.74) is 2.57. The van der Waals surface area contributed by atoms with Gasteiger partial charge < -0.3 is 15.1 Å². The quantitative estimate of drug-likeness (QED) is 0.789. The average molecular weight is 389 g/mol. The molecule has 2 N–H and O–H groups in total. The standard InChI is InChI=1S/C13H10ClIN2O2/c14-9-5-10-7(4-13(18)17-10)3-11(9)16-6-8-1-2-12(15)19-8/h1-3,5,16H,4,6H2,(H,17,18). The zero-order chi connectivity index (χ0) is 13.4. The molecule has 3 rings (SSSR count). The van der Waals surface area contributed by atoms with Gasteiger partial charge in [-0.25, -0.2) is 0 Å². The highest BCUT2D eigenvalue weighted by atomic mass is 127. The van der Waals surface area contributed by atoms with E-state index in [4.69, 9.17) is 16.0 Å². The Labute approximate surface area is 128 Å². The second-order valence-corrected chi connectivity index (χ2v) is 5.74. The largest absolute Gasteiger partial charge is 0.454 e. The number of benzene rings is 1. The number of hydrogen-bond acceptors (Lipinski definition) is 3. The van der Waals surface area contributed by atoms with Crippen LogP contribution in [0.4, 0.5) is 11.4 Å². The summed E-state index contributed by atoms with van der Waals surface area (Å²) in [6, 6.07) is 7.51. The molecule has 4 nitrogen and oxygen atoms in total. The van der Waals surface area contributed by atoms with Crippen LogP contribution in [0.25, 0.3) is 0 Å². The first-order valence-electron chi connectivity index (χ1n) is 5.72. The van der Waals surface area contributed by atoms with Crippen LogP contribution in [0.2, 0.25) is 5.02 Å². The smallest absolute Gasteiger partial charge is 0.228 e. The highest BCUT2D eigenvalue weighted by Gasteiger charge is 2.19. The Morgan fingerprint density at radius 3 is 3.00 bits per heavy atom. The Morgan fingerprint density at radius 1 is 1.42 bits per heavy atom. The van der Waals surface area contributed by atoms with E-state index in [1.54, 1.807) is 6.07 Å². The lowest BCUT2D eigenvalue weighted by Crippen LogP contribution is -2.03. The van der Waals surface area contributed by atoms with E-state index in [1.165, 1.54) is 0 Å². The second-order valence-electron chi connectivity index (χ2n) is 4.27. The van der Waals surface area contributed by atoms with Crippen molar-refractivity contribution in [3.05, 3.63) is 44.4 Å². The number of fused-ring (bicyclic) bond motifs is 1. The van der Waals surface area contributed by atoms with Crippen LogP contribution in [0.3, 0.4) is 0 Å². The molecule has 0 atom stereocenters. The Kier molecular flexibility index (Phi) is 3.40. The maximum atomic E-state index is 11.3. The lowest BCUT2D eigenvalue weighted by molar-refractivity contribution is -0.115. The van der Waals surface area contributed by atoms with Crippen molar-refractivity contribution in [2.75, 3.05) is 10.6 Å². The molecule has 0 unspecified atom stereocenters. The fourth-order valence-corrected chi connectivity index (χ4v) is 2.71. The summed E-state index contributed by atoms with van der Waals surface area (Å²) < 4.78 is 6.32. The summed E-state index contributed by atoms with van der Waals surface area (Å²) in [5, 5.41) is 6.58. The summed E-state index contributed by atoms with van der Waals surface area (Å²) in [5.74, 6) is 0.846. The fraction of sp³-hybridized carbons (Fsp3) is 0.154. The van der Waals surface area contributed by atoms with E-state index in [0.717, 1.165) is 26.5 Å². The van der Waals surface area contributed by atoms with Crippen molar-refractivity contribution in [3.63, 3.8) is 0 Å². The van der Waals surface area contributed by atoms with Gasteiger partial charge in [-0.1, -0.05) is 11.6 Å². The predicted molar refractivity (Wildman–Crippen MR) is 82.5 cm³/mol. The number of amides is 1. The number of halogens is 2. The van der Waals surface area contributed by atoms with Crippen LogP contribution in [-0.2, 0) is 17.8 Å². The van der Waals surface area contributed by atoms with Crippen molar-refractivity contribution in [3.8, 4) is 0 Å². The number of nitrogens with one attached hydrogen (secondary N) is 2. The first kappa shape index (κ1) is 12.8. The van der Waals surface area contributed by atoms with Crippen molar-refractivity contribution in [1.29, 1.82) is 0 Å². The van der Waals surface area contributed by atoms with Crippen molar-refractivity contribution in [2.24, 2.45) is 0 Å². The van der Waals surface area contributed by atoms with Gasteiger partial charge in [0.2, 0.25) is 5.91 Å². The molecule has 98 valence electrons. The Balaban J connectivity index is 1.78. The van der Waals surface area contributed by atoms with Crippen LogP contribution in [0.5, 0.6) is 0 Å². The van der Waals surface area contributed by atoms with Gasteiger partial charge in [0.1, 0.15) is 5.76 Å². The van der Waals surface area contributed by atoms with Gasteiger partial charge in [-0.2, -0.15) is 0 Å². The molecule has 0 spiro atoms. The van der Waals surface area contributed by atoms with Gasteiger partial charge in [0, 0.05) is 5.69 Å². The van der Waals surface area contributed by atoms with E-state index in [-0.39, 0.29) is 5.91 Å². The van der Waals surface area contributed by atoms with E-state index in [1.807, 2.05) is 18.2 Å². The highest BCUT2D eigenvalue weighted by molar-refractivity contribution is 14.1. The Hall–Kier alpha value is -1.21. The Bertz CT molecular complexity index is 654. The van der Waals surface area contributed by atoms with Crippen LogP contribution < -0.4 is 10.6 Å². The minimum atomic E-state index is 0.00352. The number of carbonyl (C=O) groups is 1. The van der Waals surface area contributed by atoms with E-state index >= 15 is 0 Å².